The molecule has 0 unspecified atom stereocenters. The number of rotatable bonds is 5. The maximum absolute atomic E-state index is 10.2. The van der Waals surface area contributed by atoms with Gasteiger partial charge in [-0.15, -0.1) is 0 Å². The first-order valence-electron chi connectivity index (χ1n) is 8.43. The lowest BCUT2D eigenvalue weighted by molar-refractivity contribution is -0.0634. The van der Waals surface area contributed by atoms with Crippen LogP contribution in [0.5, 0.6) is 5.75 Å². The number of hydrogen-bond acceptors (Lipinski definition) is 4. The number of benzene rings is 1. The molecule has 0 spiro atoms. The number of hydrogen-bond donors (Lipinski definition) is 1. The van der Waals surface area contributed by atoms with Crippen LogP contribution in [0.15, 0.2) is 24.3 Å². The van der Waals surface area contributed by atoms with Gasteiger partial charge < -0.3 is 14.6 Å². The van der Waals surface area contributed by atoms with Crippen LogP contribution in [0.3, 0.4) is 0 Å². The van der Waals surface area contributed by atoms with Crippen LogP contribution < -0.4 is 4.74 Å². The summed E-state index contributed by atoms with van der Waals surface area (Å²) >= 11 is 0. The van der Waals surface area contributed by atoms with E-state index in [4.69, 9.17) is 9.47 Å². The van der Waals surface area contributed by atoms with Gasteiger partial charge in [-0.3, -0.25) is 4.90 Å². The molecule has 0 saturated carbocycles. The summed E-state index contributed by atoms with van der Waals surface area (Å²) in [6, 6.07) is 8.62. The molecule has 122 valence electrons. The Kier molecular flexibility index (Phi) is 5.34. The molecule has 2 heterocycles. The largest absolute Gasteiger partial charge is 0.492 e. The Morgan fingerprint density at radius 2 is 2.27 bits per heavy atom. The predicted molar refractivity (Wildman–Crippen MR) is 86.2 cm³/mol. The lowest BCUT2D eigenvalue weighted by Gasteiger charge is -2.37. The third-order valence-corrected chi connectivity index (χ3v) is 4.91. The van der Waals surface area contributed by atoms with Gasteiger partial charge in [0, 0.05) is 25.1 Å². The van der Waals surface area contributed by atoms with Gasteiger partial charge in [0.15, 0.2) is 0 Å². The Labute approximate surface area is 133 Å². The predicted octanol–water partition coefficient (Wildman–Crippen LogP) is 2.24. The highest BCUT2D eigenvalue weighted by Crippen LogP contribution is 2.29. The SMILES string of the molecule is Cc1cccc(OCCN2CCC[C@@H]2[C@H]2COCC[C@H]2O)c1. The van der Waals surface area contributed by atoms with Crippen LogP contribution in [0.25, 0.3) is 0 Å². The lowest BCUT2D eigenvalue weighted by Crippen LogP contribution is -2.47. The van der Waals surface area contributed by atoms with Crippen LogP contribution in [-0.2, 0) is 4.74 Å². The van der Waals surface area contributed by atoms with Gasteiger partial charge in [-0.2, -0.15) is 0 Å². The Balaban J connectivity index is 1.50. The summed E-state index contributed by atoms with van der Waals surface area (Å²) in [5.74, 6) is 1.20. The zero-order valence-corrected chi connectivity index (χ0v) is 13.4. The number of nitrogens with zero attached hydrogens (tertiary/aromatic N) is 1. The molecule has 3 atom stereocenters. The second-order valence-corrected chi connectivity index (χ2v) is 6.51. The standard InChI is InChI=1S/C18H27NO3/c1-14-4-2-5-15(12-14)22-11-9-19-8-3-6-17(19)16-13-21-10-7-18(16)20/h2,4-5,12,16-18,20H,3,6-11,13H2,1H3/t16-,17-,18-/m1/s1. The van der Waals surface area contributed by atoms with Gasteiger partial charge in [0.25, 0.3) is 0 Å². The van der Waals surface area contributed by atoms with Gasteiger partial charge in [-0.05, 0) is 50.4 Å². The van der Waals surface area contributed by atoms with E-state index >= 15 is 0 Å². The molecule has 22 heavy (non-hydrogen) atoms. The van der Waals surface area contributed by atoms with E-state index in [9.17, 15) is 5.11 Å². The van der Waals surface area contributed by atoms with E-state index in [0.717, 1.165) is 31.7 Å². The first-order chi connectivity index (χ1) is 10.7. The molecule has 0 radical (unpaired) electrons. The average molecular weight is 305 g/mol. The van der Waals surface area contributed by atoms with E-state index in [1.54, 1.807) is 0 Å². The van der Waals surface area contributed by atoms with E-state index in [1.165, 1.54) is 12.0 Å². The molecule has 2 aliphatic heterocycles. The lowest BCUT2D eigenvalue weighted by atomic mass is 9.89. The summed E-state index contributed by atoms with van der Waals surface area (Å²) in [7, 11) is 0. The normalized spacial score (nSPS) is 29.6. The monoisotopic (exact) mass is 305 g/mol. The van der Waals surface area contributed by atoms with Gasteiger partial charge in [-0.1, -0.05) is 12.1 Å². The first kappa shape index (κ1) is 15.8. The molecule has 0 amide bonds. The van der Waals surface area contributed by atoms with Crippen molar-refractivity contribution in [1.29, 1.82) is 0 Å². The summed E-state index contributed by atoms with van der Waals surface area (Å²) in [6.45, 7) is 6.19. The van der Waals surface area contributed by atoms with Crippen molar-refractivity contribution in [2.45, 2.75) is 38.3 Å². The van der Waals surface area contributed by atoms with E-state index in [0.29, 0.717) is 25.9 Å². The van der Waals surface area contributed by atoms with Crippen LogP contribution in [0.4, 0.5) is 0 Å². The summed E-state index contributed by atoms with van der Waals surface area (Å²) < 4.78 is 11.5. The van der Waals surface area contributed by atoms with Crippen molar-refractivity contribution in [1.82, 2.24) is 4.90 Å². The molecular weight excluding hydrogens is 278 g/mol. The second-order valence-electron chi connectivity index (χ2n) is 6.51. The Morgan fingerprint density at radius 3 is 3.09 bits per heavy atom. The maximum atomic E-state index is 10.2. The van der Waals surface area contributed by atoms with E-state index in [2.05, 4.69) is 24.0 Å². The zero-order valence-electron chi connectivity index (χ0n) is 13.4. The fraction of sp³-hybridized carbons (Fsp3) is 0.667. The van der Waals surface area contributed by atoms with E-state index in [1.807, 2.05) is 12.1 Å². The van der Waals surface area contributed by atoms with Gasteiger partial charge in [0.05, 0.1) is 12.7 Å². The molecule has 0 bridgehead atoms. The van der Waals surface area contributed by atoms with Crippen molar-refractivity contribution < 1.29 is 14.6 Å². The highest BCUT2D eigenvalue weighted by molar-refractivity contribution is 5.27. The van der Waals surface area contributed by atoms with Crippen molar-refractivity contribution in [2.75, 3.05) is 32.9 Å². The quantitative estimate of drug-likeness (QED) is 0.906. The number of likely N-dealkylation sites (tertiary alicyclic amines) is 1. The van der Waals surface area contributed by atoms with Crippen LogP contribution in [0.2, 0.25) is 0 Å². The van der Waals surface area contributed by atoms with Crippen LogP contribution in [0.1, 0.15) is 24.8 Å². The van der Waals surface area contributed by atoms with Gasteiger partial charge in [0.2, 0.25) is 0 Å². The third-order valence-electron chi connectivity index (χ3n) is 4.91. The molecule has 1 N–H and O–H groups in total. The minimum absolute atomic E-state index is 0.211. The van der Waals surface area contributed by atoms with Crippen LogP contribution in [-0.4, -0.2) is 55.1 Å². The molecule has 4 nitrogen and oxygen atoms in total. The fourth-order valence-corrected chi connectivity index (χ4v) is 3.72. The molecule has 2 saturated heterocycles. The number of ether oxygens (including phenoxy) is 2. The molecule has 0 aromatic heterocycles. The summed E-state index contributed by atoms with van der Waals surface area (Å²) in [5, 5.41) is 10.2. The van der Waals surface area contributed by atoms with Crippen molar-refractivity contribution >= 4 is 0 Å². The minimum atomic E-state index is -0.211. The molecule has 4 heteroatoms. The first-order valence-corrected chi connectivity index (χ1v) is 8.43. The van der Waals surface area contributed by atoms with Crippen LogP contribution >= 0.6 is 0 Å². The molecule has 1 aromatic carbocycles. The summed E-state index contributed by atoms with van der Waals surface area (Å²) in [4.78, 5) is 2.47. The Bertz CT molecular complexity index is 479. The third kappa shape index (κ3) is 3.80. The van der Waals surface area contributed by atoms with Gasteiger partial charge in [-0.25, -0.2) is 0 Å². The average Bonchev–Trinajstić information content (AvgIpc) is 2.96. The maximum Gasteiger partial charge on any atom is 0.119 e. The smallest absolute Gasteiger partial charge is 0.119 e. The molecule has 2 aliphatic rings. The summed E-state index contributed by atoms with van der Waals surface area (Å²) in [6.07, 6.45) is 2.93. The van der Waals surface area contributed by atoms with Crippen molar-refractivity contribution in [3.8, 4) is 5.75 Å². The van der Waals surface area contributed by atoms with Crippen molar-refractivity contribution in [3.05, 3.63) is 29.8 Å². The van der Waals surface area contributed by atoms with Crippen molar-refractivity contribution in [3.63, 3.8) is 0 Å². The molecule has 3 rings (SSSR count). The van der Waals surface area contributed by atoms with Gasteiger partial charge >= 0.3 is 0 Å². The van der Waals surface area contributed by atoms with E-state index < -0.39 is 0 Å². The van der Waals surface area contributed by atoms with E-state index in [-0.39, 0.29) is 12.0 Å². The number of aryl methyl sites for hydroxylation is 1. The topological polar surface area (TPSA) is 41.9 Å². The zero-order chi connectivity index (χ0) is 15.4. The Hall–Kier alpha value is -1.10. The Morgan fingerprint density at radius 1 is 1.36 bits per heavy atom. The van der Waals surface area contributed by atoms with Crippen molar-refractivity contribution in [2.24, 2.45) is 5.92 Å². The number of aliphatic hydroxyl groups excluding tert-OH is 1. The molecule has 0 aliphatic carbocycles. The summed E-state index contributed by atoms with van der Waals surface area (Å²) in [5.41, 5.74) is 1.22. The highest BCUT2D eigenvalue weighted by atomic mass is 16.5. The molecular formula is C18H27NO3. The number of aliphatic hydroxyl groups is 1. The van der Waals surface area contributed by atoms with Gasteiger partial charge in [0.1, 0.15) is 12.4 Å². The van der Waals surface area contributed by atoms with Crippen LogP contribution in [0, 0.1) is 12.8 Å². The molecule has 2 fully saturated rings. The fourth-order valence-electron chi connectivity index (χ4n) is 3.72. The highest BCUT2D eigenvalue weighted by Gasteiger charge is 2.37. The minimum Gasteiger partial charge on any atom is -0.492 e. The molecule has 1 aromatic rings. The second kappa shape index (κ2) is 7.44.